The minimum Gasteiger partial charge on any atom is -0.444 e. The molecule has 0 saturated carbocycles. The molecule has 32 heavy (non-hydrogen) atoms. The van der Waals surface area contributed by atoms with Gasteiger partial charge in [-0.2, -0.15) is 8.78 Å². The van der Waals surface area contributed by atoms with Crippen molar-refractivity contribution in [2.45, 2.75) is 53.3 Å². The lowest BCUT2D eigenvalue weighted by molar-refractivity contribution is -0.0504. The first-order valence-corrected chi connectivity index (χ1v) is 11.0. The Morgan fingerprint density at radius 3 is 2.62 bits per heavy atom. The number of piperidine rings is 1. The van der Waals surface area contributed by atoms with Crippen molar-refractivity contribution in [3.05, 3.63) is 46.7 Å². The summed E-state index contributed by atoms with van der Waals surface area (Å²) in [5, 5.41) is 6.56. The number of benzene rings is 1. The lowest BCUT2D eigenvalue weighted by Gasteiger charge is -2.31. The van der Waals surface area contributed by atoms with Crippen LogP contribution in [-0.4, -0.2) is 49.1 Å². The molecule has 2 N–H and O–H groups in total. The van der Waals surface area contributed by atoms with Crippen molar-refractivity contribution in [3.8, 4) is 5.75 Å². The number of guanidine groups is 1. The zero-order valence-corrected chi connectivity index (χ0v) is 19.3. The summed E-state index contributed by atoms with van der Waals surface area (Å²) in [5.74, 6) is 3.03. The lowest BCUT2D eigenvalue weighted by Crippen LogP contribution is -2.42. The van der Waals surface area contributed by atoms with Crippen LogP contribution in [0.4, 0.5) is 8.78 Å². The van der Waals surface area contributed by atoms with Gasteiger partial charge in [0.15, 0.2) is 5.96 Å². The summed E-state index contributed by atoms with van der Waals surface area (Å²) in [6.07, 6.45) is 2.15. The van der Waals surface area contributed by atoms with E-state index in [1.165, 1.54) is 0 Å². The Morgan fingerprint density at radius 2 is 2.00 bits per heavy atom. The zero-order chi connectivity index (χ0) is 23.1. The van der Waals surface area contributed by atoms with Gasteiger partial charge in [-0.3, -0.25) is 9.89 Å². The molecule has 0 atom stereocenters. The molecule has 176 valence electrons. The number of halogens is 2. The number of nitrogens with zero attached hydrogens (tertiary/aromatic N) is 3. The summed E-state index contributed by atoms with van der Waals surface area (Å²) in [4.78, 5) is 11.1. The number of oxazole rings is 1. The number of ether oxygens (including phenoxy) is 1. The first-order valence-electron chi connectivity index (χ1n) is 11.0. The normalized spacial score (nSPS) is 15.9. The van der Waals surface area contributed by atoms with E-state index in [9.17, 15) is 8.78 Å². The molecule has 0 radical (unpaired) electrons. The molecular weight excluding hydrogens is 416 g/mol. The third-order valence-electron chi connectivity index (χ3n) is 5.80. The van der Waals surface area contributed by atoms with Gasteiger partial charge in [-0.25, -0.2) is 4.98 Å². The molecule has 2 heterocycles. The predicted octanol–water partition coefficient (Wildman–Crippen LogP) is 3.78. The second-order valence-electron chi connectivity index (χ2n) is 8.27. The number of aliphatic imine (C=N–C) groups is 1. The van der Waals surface area contributed by atoms with Gasteiger partial charge in [0.2, 0.25) is 5.89 Å². The summed E-state index contributed by atoms with van der Waals surface area (Å²) in [6.45, 7) is 6.86. The number of nitrogens with one attached hydrogen (secondary N) is 2. The third-order valence-corrected chi connectivity index (χ3v) is 5.80. The first kappa shape index (κ1) is 24.0. The number of aryl methyl sites for hydroxylation is 3. The van der Waals surface area contributed by atoms with Crippen molar-refractivity contribution in [2.24, 2.45) is 10.9 Å². The number of aromatic nitrogens is 1. The van der Waals surface area contributed by atoms with Gasteiger partial charge in [0, 0.05) is 25.7 Å². The average molecular weight is 450 g/mol. The minimum absolute atomic E-state index is 0.178. The molecule has 0 bridgehead atoms. The second kappa shape index (κ2) is 11.3. The van der Waals surface area contributed by atoms with Crippen LogP contribution in [0.3, 0.4) is 0 Å². The van der Waals surface area contributed by atoms with Crippen LogP contribution in [0.2, 0.25) is 0 Å². The molecule has 7 nitrogen and oxygen atoms in total. The molecule has 0 amide bonds. The molecule has 9 heteroatoms. The highest BCUT2D eigenvalue weighted by atomic mass is 19.3. The van der Waals surface area contributed by atoms with E-state index in [1.54, 1.807) is 19.2 Å². The van der Waals surface area contributed by atoms with E-state index in [-0.39, 0.29) is 5.75 Å². The lowest BCUT2D eigenvalue weighted by atomic mass is 9.97. The Bertz CT molecular complexity index is 888. The maximum absolute atomic E-state index is 12.7. The number of rotatable bonds is 8. The van der Waals surface area contributed by atoms with Crippen LogP contribution in [0.15, 0.2) is 27.6 Å². The molecule has 1 saturated heterocycles. The Balaban J connectivity index is 1.43. The van der Waals surface area contributed by atoms with Crippen molar-refractivity contribution in [3.63, 3.8) is 0 Å². The number of hydrogen-bond acceptors (Lipinski definition) is 5. The van der Waals surface area contributed by atoms with Gasteiger partial charge in [-0.05, 0) is 58.7 Å². The van der Waals surface area contributed by atoms with Gasteiger partial charge < -0.3 is 19.8 Å². The summed E-state index contributed by atoms with van der Waals surface area (Å²) < 4.78 is 35.7. The Hall–Kier alpha value is -2.68. The third kappa shape index (κ3) is 6.91. The standard InChI is InChI=1S/C23H33F2N5O2/c1-15-5-6-20(32-22(24)25)19(11-15)13-28-23(26-4)27-12-18-7-9-30(10-8-18)14-21-29-16(2)17(3)31-21/h5-6,11,18,22H,7-10,12-14H2,1-4H3,(H2,26,27,28). The fourth-order valence-corrected chi connectivity index (χ4v) is 3.84. The van der Waals surface area contributed by atoms with Crippen LogP contribution in [-0.2, 0) is 13.1 Å². The summed E-state index contributed by atoms with van der Waals surface area (Å²) in [7, 11) is 1.70. The molecule has 1 fully saturated rings. The smallest absolute Gasteiger partial charge is 0.387 e. The van der Waals surface area contributed by atoms with Crippen LogP contribution in [0, 0.1) is 26.7 Å². The molecule has 1 aromatic heterocycles. The van der Waals surface area contributed by atoms with Crippen molar-refractivity contribution in [2.75, 3.05) is 26.7 Å². The molecule has 1 aliphatic rings. The molecular formula is C23H33F2N5O2. The molecule has 0 aliphatic carbocycles. The monoisotopic (exact) mass is 449 g/mol. The summed E-state index contributed by atoms with van der Waals surface area (Å²) in [6, 6.07) is 5.17. The van der Waals surface area contributed by atoms with Gasteiger partial charge in [0.1, 0.15) is 11.5 Å². The van der Waals surface area contributed by atoms with Crippen molar-refractivity contribution in [1.82, 2.24) is 20.5 Å². The topological polar surface area (TPSA) is 74.9 Å². The first-order chi connectivity index (χ1) is 15.3. The Kier molecular flexibility index (Phi) is 8.44. The van der Waals surface area contributed by atoms with E-state index in [0.717, 1.165) is 61.9 Å². The van der Waals surface area contributed by atoms with Crippen LogP contribution in [0.25, 0.3) is 0 Å². The van der Waals surface area contributed by atoms with E-state index >= 15 is 0 Å². The van der Waals surface area contributed by atoms with Crippen molar-refractivity contribution < 1.29 is 17.9 Å². The van der Waals surface area contributed by atoms with Gasteiger partial charge in [-0.15, -0.1) is 0 Å². The van der Waals surface area contributed by atoms with Crippen LogP contribution in [0.1, 0.15) is 41.3 Å². The predicted molar refractivity (Wildman–Crippen MR) is 120 cm³/mol. The maximum atomic E-state index is 12.7. The quantitative estimate of drug-likeness (QED) is 0.472. The van der Waals surface area contributed by atoms with Gasteiger partial charge in [0.05, 0.1) is 12.2 Å². The fraction of sp³-hybridized carbons (Fsp3) is 0.565. The van der Waals surface area contributed by atoms with Crippen LogP contribution < -0.4 is 15.4 Å². The molecule has 3 rings (SSSR count). The number of hydrogen-bond donors (Lipinski definition) is 2. The highest BCUT2D eigenvalue weighted by Gasteiger charge is 2.21. The Labute approximate surface area is 188 Å². The van der Waals surface area contributed by atoms with Gasteiger partial charge in [0.25, 0.3) is 0 Å². The van der Waals surface area contributed by atoms with Crippen LogP contribution in [0.5, 0.6) is 5.75 Å². The van der Waals surface area contributed by atoms with E-state index in [1.807, 2.05) is 26.8 Å². The van der Waals surface area contributed by atoms with E-state index in [2.05, 4.69) is 30.2 Å². The second-order valence-corrected chi connectivity index (χ2v) is 8.27. The van der Waals surface area contributed by atoms with Gasteiger partial charge in [-0.1, -0.05) is 17.7 Å². The highest BCUT2D eigenvalue weighted by molar-refractivity contribution is 5.79. The molecule has 2 aromatic rings. The van der Waals surface area contributed by atoms with E-state index in [4.69, 9.17) is 4.42 Å². The summed E-state index contributed by atoms with van der Waals surface area (Å²) >= 11 is 0. The van der Waals surface area contributed by atoms with E-state index < -0.39 is 6.61 Å². The molecule has 0 spiro atoms. The number of alkyl halides is 2. The Morgan fingerprint density at radius 1 is 1.25 bits per heavy atom. The number of likely N-dealkylation sites (tertiary alicyclic amines) is 1. The van der Waals surface area contributed by atoms with Gasteiger partial charge >= 0.3 is 6.61 Å². The molecule has 1 aliphatic heterocycles. The largest absolute Gasteiger partial charge is 0.444 e. The minimum atomic E-state index is -2.85. The average Bonchev–Trinajstić information content (AvgIpc) is 3.07. The van der Waals surface area contributed by atoms with Crippen LogP contribution >= 0.6 is 0 Å². The fourth-order valence-electron chi connectivity index (χ4n) is 3.84. The summed E-state index contributed by atoms with van der Waals surface area (Å²) in [5.41, 5.74) is 2.60. The maximum Gasteiger partial charge on any atom is 0.387 e. The van der Waals surface area contributed by atoms with Crippen molar-refractivity contribution in [1.29, 1.82) is 0 Å². The van der Waals surface area contributed by atoms with Crippen molar-refractivity contribution >= 4 is 5.96 Å². The molecule has 1 aromatic carbocycles. The zero-order valence-electron chi connectivity index (χ0n) is 19.3. The molecule has 0 unspecified atom stereocenters. The SMILES string of the molecule is CN=C(NCc1cc(C)ccc1OC(F)F)NCC1CCN(Cc2nc(C)c(C)o2)CC1. The highest BCUT2D eigenvalue weighted by Crippen LogP contribution is 2.22. The van der Waals surface area contributed by atoms with E-state index in [0.29, 0.717) is 24.0 Å².